The number of halogens is 2. The van der Waals surface area contributed by atoms with Crippen molar-refractivity contribution in [3.63, 3.8) is 0 Å². The number of hydrogen-bond acceptors (Lipinski definition) is 3. The Kier molecular flexibility index (Phi) is 5.58. The molecule has 0 saturated heterocycles. The van der Waals surface area contributed by atoms with Crippen LogP contribution < -0.4 is 10.1 Å². The predicted octanol–water partition coefficient (Wildman–Crippen LogP) is 4.49. The number of hydrogen-bond donors (Lipinski definition) is 1. The standard InChI is InChI=1S/C16H12Br2N2O2/c1-10(22-15-6-5-12(17)8-14(15)18)16(21)20-13-4-2-3-11(7-13)9-19/h2-8,10H,1H3,(H,20,21). The molecule has 0 aliphatic carbocycles. The second-order valence-electron chi connectivity index (χ2n) is 4.52. The quantitative estimate of drug-likeness (QED) is 0.787. The van der Waals surface area contributed by atoms with Gasteiger partial charge in [-0.15, -0.1) is 0 Å². The fourth-order valence-corrected chi connectivity index (χ4v) is 2.87. The third kappa shape index (κ3) is 4.33. The Balaban J connectivity index is 2.04. The molecule has 1 amide bonds. The molecular formula is C16H12Br2N2O2. The van der Waals surface area contributed by atoms with E-state index in [0.29, 0.717) is 17.0 Å². The number of anilines is 1. The van der Waals surface area contributed by atoms with Gasteiger partial charge in [-0.2, -0.15) is 5.26 Å². The Labute approximate surface area is 145 Å². The normalized spacial score (nSPS) is 11.4. The largest absolute Gasteiger partial charge is 0.480 e. The summed E-state index contributed by atoms with van der Waals surface area (Å²) >= 11 is 6.75. The highest BCUT2D eigenvalue weighted by molar-refractivity contribution is 9.11. The van der Waals surface area contributed by atoms with E-state index in [9.17, 15) is 4.79 Å². The summed E-state index contributed by atoms with van der Waals surface area (Å²) in [7, 11) is 0. The molecule has 2 aromatic rings. The summed E-state index contributed by atoms with van der Waals surface area (Å²) in [4.78, 5) is 12.2. The molecule has 0 fully saturated rings. The van der Waals surface area contributed by atoms with Crippen LogP contribution in [-0.4, -0.2) is 12.0 Å². The summed E-state index contributed by atoms with van der Waals surface area (Å²) in [6.07, 6.45) is -0.678. The molecular weight excluding hydrogens is 412 g/mol. The molecule has 0 radical (unpaired) electrons. The highest BCUT2D eigenvalue weighted by Gasteiger charge is 2.16. The van der Waals surface area contributed by atoms with Gasteiger partial charge in [-0.1, -0.05) is 22.0 Å². The number of amides is 1. The van der Waals surface area contributed by atoms with Crippen molar-refractivity contribution in [2.75, 3.05) is 5.32 Å². The number of rotatable bonds is 4. The van der Waals surface area contributed by atoms with Gasteiger partial charge in [0, 0.05) is 10.2 Å². The maximum atomic E-state index is 12.2. The minimum Gasteiger partial charge on any atom is -0.480 e. The van der Waals surface area contributed by atoms with Gasteiger partial charge >= 0.3 is 0 Å². The first-order valence-corrected chi connectivity index (χ1v) is 8.01. The molecule has 0 bridgehead atoms. The average molecular weight is 424 g/mol. The molecule has 0 aliphatic heterocycles. The number of benzene rings is 2. The fourth-order valence-electron chi connectivity index (χ4n) is 1.73. The van der Waals surface area contributed by atoms with Crippen molar-refractivity contribution in [1.29, 1.82) is 5.26 Å². The number of nitrogens with one attached hydrogen (secondary N) is 1. The molecule has 4 nitrogen and oxygen atoms in total. The first-order chi connectivity index (χ1) is 10.5. The Hall–Kier alpha value is -1.84. The van der Waals surface area contributed by atoms with Gasteiger partial charge < -0.3 is 10.1 Å². The summed E-state index contributed by atoms with van der Waals surface area (Å²) in [5.74, 6) is 0.293. The second-order valence-corrected chi connectivity index (χ2v) is 6.29. The number of nitriles is 1. The summed E-state index contributed by atoms with van der Waals surface area (Å²) in [6, 6.07) is 14.2. The first kappa shape index (κ1) is 16.5. The van der Waals surface area contributed by atoms with Crippen LogP contribution in [-0.2, 0) is 4.79 Å². The van der Waals surface area contributed by atoms with Crippen LogP contribution in [0.1, 0.15) is 12.5 Å². The van der Waals surface area contributed by atoms with Crippen molar-refractivity contribution in [3.05, 3.63) is 57.0 Å². The number of carbonyl (C=O) groups is 1. The van der Waals surface area contributed by atoms with E-state index in [1.54, 1.807) is 37.3 Å². The Bertz CT molecular complexity index is 741. The van der Waals surface area contributed by atoms with Gasteiger partial charge in [-0.05, 0) is 59.3 Å². The zero-order valence-corrected chi connectivity index (χ0v) is 14.8. The summed E-state index contributed by atoms with van der Waals surface area (Å²) in [5, 5.41) is 11.6. The minimum atomic E-state index is -0.678. The molecule has 0 spiro atoms. The van der Waals surface area contributed by atoms with Crippen molar-refractivity contribution in [1.82, 2.24) is 0 Å². The molecule has 6 heteroatoms. The zero-order valence-electron chi connectivity index (χ0n) is 11.6. The van der Waals surface area contributed by atoms with Crippen LogP contribution in [0.4, 0.5) is 5.69 Å². The van der Waals surface area contributed by atoms with E-state index >= 15 is 0 Å². The molecule has 0 aromatic heterocycles. The molecule has 0 aliphatic rings. The van der Waals surface area contributed by atoms with E-state index in [1.165, 1.54) is 0 Å². The highest BCUT2D eigenvalue weighted by atomic mass is 79.9. The van der Waals surface area contributed by atoms with Crippen LogP contribution in [0.5, 0.6) is 5.75 Å². The minimum absolute atomic E-state index is 0.287. The molecule has 2 rings (SSSR count). The zero-order chi connectivity index (χ0) is 16.1. The first-order valence-electron chi connectivity index (χ1n) is 6.42. The molecule has 112 valence electrons. The van der Waals surface area contributed by atoms with E-state index in [2.05, 4.69) is 37.2 Å². The predicted molar refractivity (Wildman–Crippen MR) is 91.7 cm³/mol. The highest BCUT2D eigenvalue weighted by Crippen LogP contribution is 2.29. The molecule has 2 aromatic carbocycles. The lowest BCUT2D eigenvalue weighted by Crippen LogP contribution is -2.30. The summed E-state index contributed by atoms with van der Waals surface area (Å²) < 4.78 is 7.32. The topological polar surface area (TPSA) is 62.1 Å². The average Bonchev–Trinajstić information content (AvgIpc) is 2.50. The van der Waals surface area contributed by atoms with Gasteiger partial charge in [-0.25, -0.2) is 0 Å². The number of nitrogens with zero attached hydrogens (tertiary/aromatic N) is 1. The molecule has 1 unspecified atom stereocenters. The Morgan fingerprint density at radius 1 is 1.27 bits per heavy atom. The molecule has 22 heavy (non-hydrogen) atoms. The van der Waals surface area contributed by atoms with Crippen LogP contribution in [0.3, 0.4) is 0 Å². The third-order valence-electron chi connectivity index (χ3n) is 2.83. The van der Waals surface area contributed by atoms with Gasteiger partial charge in [0.1, 0.15) is 5.75 Å². The van der Waals surface area contributed by atoms with E-state index in [4.69, 9.17) is 10.00 Å². The Morgan fingerprint density at radius 2 is 2.05 bits per heavy atom. The van der Waals surface area contributed by atoms with Gasteiger partial charge in [-0.3, -0.25) is 4.79 Å². The van der Waals surface area contributed by atoms with Gasteiger partial charge in [0.25, 0.3) is 5.91 Å². The van der Waals surface area contributed by atoms with Gasteiger partial charge in [0.05, 0.1) is 16.1 Å². The lowest BCUT2D eigenvalue weighted by atomic mass is 10.2. The van der Waals surface area contributed by atoms with Crippen molar-refractivity contribution in [3.8, 4) is 11.8 Å². The van der Waals surface area contributed by atoms with E-state index < -0.39 is 6.10 Å². The fraction of sp³-hybridized carbons (Fsp3) is 0.125. The van der Waals surface area contributed by atoms with Crippen LogP contribution >= 0.6 is 31.9 Å². The molecule has 1 atom stereocenters. The third-order valence-corrected chi connectivity index (χ3v) is 3.94. The maximum Gasteiger partial charge on any atom is 0.265 e. The monoisotopic (exact) mass is 422 g/mol. The molecule has 0 heterocycles. The Morgan fingerprint density at radius 3 is 2.73 bits per heavy atom. The SMILES string of the molecule is CC(Oc1ccc(Br)cc1Br)C(=O)Nc1cccc(C#N)c1. The van der Waals surface area contributed by atoms with Crippen molar-refractivity contribution >= 4 is 43.5 Å². The number of ether oxygens (including phenoxy) is 1. The van der Waals surface area contributed by atoms with Crippen molar-refractivity contribution in [2.24, 2.45) is 0 Å². The van der Waals surface area contributed by atoms with Crippen LogP contribution in [0.15, 0.2) is 51.4 Å². The van der Waals surface area contributed by atoms with Crippen LogP contribution in [0.2, 0.25) is 0 Å². The smallest absolute Gasteiger partial charge is 0.265 e. The van der Waals surface area contributed by atoms with E-state index in [1.807, 2.05) is 18.2 Å². The van der Waals surface area contributed by atoms with Gasteiger partial charge in [0.2, 0.25) is 0 Å². The van der Waals surface area contributed by atoms with Crippen molar-refractivity contribution in [2.45, 2.75) is 13.0 Å². The van der Waals surface area contributed by atoms with Crippen molar-refractivity contribution < 1.29 is 9.53 Å². The summed E-state index contributed by atoms with van der Waals surface area (Å²) in [5.41, 5.74) is 1.05. The summed E-state index contributed by atoms with van der Waals surface area (Å²) in [6.45, 7) is 1.66. The van der Waals surface area contributed by atoms with Crippen LogP contribution in [0.25, 0.3) is 0 Å². The lowest BCUT2D eigenvalue weighted by Gasteiger charge is -2.16. The van der Waals surface area contributed by atoms with E-state index in [-0.39, 0.29) is 5.91 Å². The van der Waals surface area contributed by atoms with Gasteiger partial charge in [0.15, 0.2) is 6.10 Å². The second kappa shape index (κ2) is 7.43. The molecule has 1 N–H and O–H groups in total. The number of carbonyl (C=O) groups excluding carboxylic acids is 1. The maximum absolute atomic E-state index is 12.2. The lowest BCUT2D eigenvalue weighted by molar-refractivity contribution is -0.122. The molecule has 0 saturated carbocycles. The van der Waals surface area contributed by atoms with Crippen LogP contribution in [0, 0.1) is 11.3 Å². The van der Waals surface area contributed by atoms with E-state index in [0.717, 1.165) is 8.95 Å².